The molecule has 1 saturated carbocycles. The second kappa shape index (κ2) is 2.61. The normalized spacial score (nSPS) is 52.3. The lowest BCUT2D eigenvalue weighted by Crippen LogP contribution is -2.17. The molecule has 0 aliphatic heterocycles. The molecule has 1 fully saturated rings. The van der Waals surface area contributed by atoms with Gasteiger partial charge < -0.3 is 0 Å². The number of rotatable bonds is 0. The van der Waals surface area contributed by atoms with Crippen molar-refractivity contribution >= 4 is 0 Å². The third-order valence-corrected chi connectivity index (χ3v) is 4.42. The first-order valence-corrected chi connectivity index (χ1v) is 5.29. The molecule has 0 aromatic heterocycles. The minimum atomic E-state index is 0.856. The van der Waals surface area contributed by atoms with Gasteiger partial charge in [-0.2, -0.15) is 0 Å². The van der Waals surface area contributed by atoms with E-state index in [-0.39, 0.29) is 0 Å². The fourth-order valence-corrected chi connectivity index (χ4v) is 3.37. The molecule has 5 atom stereocenters. The molecular formula is C12H20. The Balaban J connectivity index is 2.23. The molecule has 2 aliphatic rings. The van der Waals surface area contributed by atoms with E-state index in [1.54, 1.807) is 5.57 Å². The number of fused-ring (bicyclic) bond motifs is 1. The Kier molecular flexibility index (Phi) is 1.82. The van der Waals surface area contributed by atoms with Crippen molar-refractivity contribution < 1.29 is 0 Å². The first-order chi connectivity index (χ1) is 5.61. The summed E-state index contributed by atoms with van der Waals surface area (Å²) in [7, 11) is 0. The average molecular weight is 164 g/mol. The van der Waals surface area contributed by atoms with Crippen LogP contribution in [0.1, 0.15) is 34.1 Å². The van der Waals surface area contributed by atoms with Crippen LogP contribution in [0.4, 0.5) is 0 Å². The van der Waals surface area contributed by atoms with Gasteiger partial charge in [0.15, 0.2) is 0 Å². The van der Waals surface area contributed by atoms with Gasteiger partial charge in [-0.05, 0) is 42.9 Å². The Bertz CT molecular complexity index is 214. The second-order valence-corrected chi connectivity index (χ2v) is 5.01. The van der Waals surface area contributed by atoms with Crippen molar-refractivity contribution in [2.45, 2.75) is 34.1 Å². The summed E-state index contributed by atoms with van der Waals surface area (Å²) in [6.45, 7) is 9.57. The Labute approximate surface area is 76.1 Å². The molecule has 0 aromatic rings. The zero-order valence-electron chi connectivity index (χ0n) is 8.67. The van der Waals surface area contributed by atoms with E-state index in [2.05, 4.69) is 33.8 Å². The molecular weight excluding hydrogens is 144 g/mol. The van der Waals surface area contributed by atoms with E-state index in [0.717, 1.165) is 29.6 Å². The van der Waals surface area contributed by atoms with E-state index < -0.39 is 0 Å². The number of allylic oxidation sites excluding steroid dienone is 2. The SMILES string of the molecule is CC1=CC2CC(C)C(C)C2C1C. The van der Waals surface area contributed by atoms with Gasteiger partial charge in [0.25, 0.3) is 0 Å². The molecule has 5 unspecified atom stereocenters. The van der Waals surface area contributed by atoms with Gasteiger partial charge in [0, 0.05) is 0 Å². The van der Waals surface area contributed by atoms with E-state index in [4.69, 9.17) is 0 Å². The van der Waals surface area contributed by atoms with Crippen LogP contribution >= 0.6 is 0 Å². The topological polar surface area (TPSA) is 0 Å². The summed E-state index contributed by atoms with van der Waals surface area (Å²) in [5, 5.41) is 0. The molecule has 0 radical (unpaired) electrons. The van der Waals surface area contributed by atoms with Gasteiger partial charge >= 0.3 is 0 Å². The minimum Gasteiger partial charge on any atom is -0.0819 e. The highest BCUT2D eigenvalue weighted by Crippen LogP contribution is 2.51. The summed E-state index contributed by atoms with van der Waals surface area (Å²) in [4.78, 5) is 0. The van der Waals surface area contributed by atoms with Gasteiger partial charge in [0.2, 0.25) is 0 Å². The highest BCUT2D eigenvalue weighted by molar-refractivity contribution is 5.18. The van der Waals surface area contributed by atoms with Crippen LogP contribution in [-0.4, -0.2) is 0 Å². The summed E-state index contributed by atoms with van der Waals surface area (Å²) in [6.07, 6.45) is 3.98. The van der Waals surface area contributed by atoms with Gasteiger partial charge in [-0.3, -0.25) is 0 Å². The van der Waals surface area contributed by atoms with Crippen LogP contribution < -0.4 is 0 Å². The Morgan fingerprint density at radius 1 is 1.25 bits per heavy atom. The first-order valence-electron chi connectivity index (χ1n) is 5.29. The molecule has 0 spiro atoms. The van der Waals surface area contributed by atoms with Crippen molar-refractivity contribution in [2.75, 3.05) is 0 Å². The van der Waals surface area contributed by atoms with Crippen molar-refractivity contribution in [2.24, 2.45) is 29.6 Å². The zero-order valence-corrected chi connectivity index (χ0v) is 8.67. The summed E-state index contributed by atoms with van der Waals surface area (Å²) in [6, 6.07) is 0. The maximum atomic E-state index is 2.54. The lowest BCUT2D eigenvalue weighted by molar-refractivity contribution is 0.287. The van der Waals surface area contributed by atoms with Crippen LogP contribution in [0.25, 0.3) is 0 Å². The van der Waals surface area contributed by atoms with Crippen molar-refractivity contribution in [3.8, 4) is 0 Å². The first kappa shape index (κ1) is 8.34. The van der Waals surface area contributed by atoms with E-state index in [0.29, 0.717) is 0 Å². The predicted octanol–water partition coefficient (Wildman–Crippen LogP) is 3.49. The molecule has 0 aromatic carbocycles. The van der Waals surface area contributed by atoms with E-state index in [1.807, 2.05) is 0 Å². The highest BCUT2D eigenvalue weighted by atomic mass is 14.5. The summed E-state index contributed by atoms with van der Waals surface area (Å²) < 4.78 is 0. The number of hydrogen-bond donors (Lipinski definition) is 0. The Hall–Kier alpha value is -0.260. The minimum absolute atomic E-state index is 0.856. The van der Waals surface area contributed by atoms with Crippen molar-refractivity contribution in [1.82, 2.24) is 0 Å². The maximum Gasteiger partial charge on any atom is -0.0192 e. The lowest BCUT2D eigenvalue weighted by atomic mass is 9.82. The molecule has 0 heteroatoms. The molecule has 68 valence electrons. The second-order valence-electron chi connectivity index (χ2n) is 5.01. The van der Waals surface area contributed by atoms with Crippen LogP contribution in [-0.2, 0) is 0 Å². The van der Waals surface area contributed by atoms with Crippen molar-refractivity contribution in [3.63, 3.8) is 0 Å². The largest absolute Gasteiger partial charge is 0.0819 e. The third-order valence-electron chi connectivity index (χ3n) is 4.42. The molecule has 0 bridgehead atoms. The van der Waals surface area contributed by atoms with Gasteiger partial charge in [-0.1, -0.05) is 32.4 Å². The van der Waals surface area contributed by atoms with Gasteiger partial charge in [-0.15, -0.1) is 0 Å². The van der Waals surface area contributed by atoms with E-state index >= 15 is 0 Å². The smallest absolute Gasteiger partial charge is 0.0192 e. The predicted molar refractivity (Wildman–Crippen MR) is 52.8 cm³/mol. The summed E-state index contributed by atoms with van der Waals surface area (Å²) >= 11 is 0. The third kappa shape index (κ3) is 0.967. The standard InChI is InChI=1S/C12H20/c1-7-5-11-6-8(2)10(4)12(11)9(7)3/h5,8-12H,6H2,1-4H3. The molecule has 2 aliphatic carbocycles. The number of hydrogen-bond acceptors (Lipinski definition) is 0. The van der Waals surface area contributed by atoms with E-state index in [1.165, 1.54) is 6.42 Å². The maximum absolute atomic E-state index is 2.54. The van der Waals surface area contributed by atoms with Crippen LogP contribution in [0.5, 0.6) is 0 Å². The zero-order chi connectivity index (χ0) is 8.88. The Morgan fingerprint density at radius 2 is 1.92 bits per heavy atom. The van der Waals surface area contributed by atoms with Crippen LogP contribution in [0.3, 0.4) is 0 Å². The highest BCUT2D eigenvalue weighted by Gasteiger charge is 2.43. The van der Waals surface area contributed by atoms with Crippen LogP contribution in [0.15, 0.2) is 11.6 Å². The van der Waals surface area contributed by atoms with Crippen molar-refractivity contribution in [1.29, 1.82) is 0 Å². The van der Waals surface area contributed by atoms with Gasteiger partial charge in [0.1, 0.15) is 0 Å². The summed E-state index contributed by atoms with van der Waals surface area (Å²) in [5.74, 6) is 4.64. The molecule has 0 nitrogen and oxygen atoms in total. The molecule has 0 heterocycles. The molecule has 0 saturated heterocycles. The summed E-state index contributed by atoms with van der Waals surface area (Å²) in [5.41, 5.74) is 1.64. The fraction of sp³-hybridized carbons (Fsp3) is 0.833. The fourth-order valence-electron chi connectivity index (χ4n) is 3.37. The molecule has 12 heavy (non-hydrogen) atoms. The average Bonchev–Trinajstić information content (AvgIpc) is 2.40. The monoisotopic (exact) mass is 164 g/mol. The molecule has 0 amide bonds. The lowest BCUT2D eigenvalue weighted by Gasteiger charge is -2.22. The van der Waals surface area contributed by atoms with Crippen molar-refractivity contribution in [3.05, 3.63) is 11.6 Å². The van der Waals surface area contributed by atoms with Gasteiger partial charge in [-0.25, -0.2) is 0 Å². The quantitative estimate of drug-likeness (QED) is 0.481. The van der Waals surface area contributed by atoms with Gasteiger partial charge in [0.05, 0.1) is 0 Å². The van der Waals surface area contributed by atoms with Crippen LogP contribution in [0.2, 0.25) is 0 Å². The molecule has 2 rings (SSSR count). The Morgan fingerprint density at radius 3 is 2.50 bits per heavy atom. The van der Waals surface area contributed by atoms with Crippen LogP contribution in [0, 0.1) is 29.6 Å². The molecule has 0 N–H and O–H groups in total. The van der Waals surface area contributed by atoms with E-state index in [9.17, 15) is 0 Å².